The molecule has 0 bridgehead atoms. The van der Waals surface area contributed by atoms with E-state index >= 15 is 0 Å². The van der Waals surface area contributed by atoms with Crippen molar-refractivity contribution in [1.29, 1.82) is 0 Å². The highest BCUT2D eigenvalue weighted by Crippen LogP contribution is 2.25. The zero-order valence-corrected chi connectivity index (χ0v) is 13.5. The molecule has 0 spiro atoms. The van der Waals surface area contributed by atoms with Crippen LogP contribution < -0.4 is 10.1 Å². The molecule has 2 aromatic carbocycles. The number of hydrogen-bond acceptors (Lipinski definition) is 3. The Hall–Kier alpha value is -2.40. The summed E-state index contributed by atoms with van der Waals surface area (Å²) in [6.45, 7) is 1.06. The van der Waals surface area contributed by atoms with Crippen molar-refractivity contribution in [2.24, 2.45) is 5.92 Å². The van der Waals surface area contributed by atoms with Crippen LogP contribution in [0, 0.1) is 11.7 Å². The minimum atomic E-state index is -0.343. The maximum absolute atomic E-state index is 13.2. The molecule has 4 nitrogen and oxygen atoms in total. The monoisotopic (exact) mass is 329 g/mol. The number of methoxy groups -OCH3 is 1. The lowest BCUT2D eigenvalue weighted by molar-refractivity contribution is -0.125. The van der Waals surface area contributed by atoms with Gasteiger partial charge in [0.2, 0.25) is 5.91 Å². The highest BCUT2D eigenvalue weighted by Gasteiger charge is 2.26. The number of rotatable bonds is 5. The van der Waals surface area contributed by atoms with Crippen LogP contribution in [0.1, 0.15) is 23.6 Å². The Kier molecular flexibility index (Phi) is 5.11. The van der Waals surface area contributed by atoms with Crippen LogP contribution in [-0.4, -0.2) is 26.2 Å². The quantitative estimate of drug-likeness (QED) is 0.917. The summed E-state index contributed by atoms with van der Waals surface area (Å²) in [5, 5.41) is 3.07. The van der Waals surface area contributed by atoms with Gasteiger partial charge in [-0.15, -0.1) is 0 Å². The van der Waals surface area contributed by atoms with Gasteiger partial charge in [0.05, 0.1) is 25.7 Å². The molecule has 2 atom stereocenters. The molecule has 24 heavy (non-hydrogen) atoms. The van der Waals surface area contributed by atoms with E-state index in [1.807, 2.05) is 24.3 Å². The van der Waals surface area contributed by atoms with E-state index in [0.717, 1.165) is 23.3 Å². The minimum Gasteiger partial charge on any atom is -0.497 e. The number of halogens is 1. The van der Waals surface area contributed by atoms with Gasteiger partial charge >= 0.3 is 0 Å². The molecule has 2 aromatic rings. The van der Waals surface area contributed by atoms with Crippen molar-refractivity contribution in [2.75, 3.05) is 20.3 Å². The molecule has 0 saturated carbocycles. The van der Waals surface area contributed by atoms with Gasteiger partial charge in [0.1, 0.15) is 11.6 Å². The number of carbonyl (C=O) groups excluding carboxylic acids is 1. The minimum absolute atomic E-state index is 0.0438. The van der Waals surface area contributed by atoms with Crippen molar-refractivity contribution < 1.29 is 18.7 Å². The lowest BCUT2D eigenvalue weighted by Gasteiger charge is -2.22. The number of nitrogens with one attached hydrogen (secondary N) is 1. The van der Waals surface area contributed by atoms with E-state index in [2.05, 4.69) is 5.32 Å². The number of ether oxygens (including phenoxy) is 2. The third kappa shape index (κ3) is 3.74. The summed E-state index contributed by atoms with van der Waals surface area (Å²) in [5.41, 5.74) is 1.74. The Bertz CT molecular complexity index is 679. The van der Waals surface area contributed by atoms with Crippen molar-refractivity contribution in [3.63, 3.8) is 0 Å². The third-order valence-electron chi connectivity index (χ3n) is 4.24. The van der Waals surface area contributed by atoms with Gasteiger partial charge in [-0.1, -0.05) is 24.3 Å². The van der Waals surface area contributed by atoms with Crippen molar-refractivity contribution in [2.45, 2.75) is 12.5 Å². The molecule has 1 saturated heterocycles. The predicted molar refractivity (Wildman–Crippen MR) is 88.3 cm³/mol. The SMILES string of the molecule is COc1ccc([C@H](NC(=O)[C@H]2CCOC2)c2ccc(F)cc2)cc1. The fourth-order valence-corrected chi connectivity index (χ4v) is 2.81. The highest BCUT2D eigenvalue weighted by atomic mass is 19.1. The van der Waals surface area contributed by atoms with Crippen LogP contribution in [0.25, 0.3) is 0 Å². The first-order valence-electron chi connectivity index (χ1n) is 7.95. The molecule has 1 amide bonds. The van der Waals surface area contributed by atoms with Gasteiger partial charge in [0.15, 0.2) is 0 Å². The van der Waals surface area contributed by atoms with Gasteiger partial charge < -0.3 is 14.8 Å². The van der Waals surface area contributed by atoms with Crippen LogP contribution >= 0.6 is 0 Å². The summed E-state index contributed by atoms with van der Waals surface area (Å²) in [6.07, 6.45) is 0.727. The fraction of sp³-hybridized carbons (Fsp3) is 0.316. The molecule has 0 aromatic heterocycles. The van der Waals surface area contributed by atoms with Crippen LogP contribution in [0.4, 0.5) is 4.39 Å². The first-order valence-corrected chi connectivity index (χ1v) is 7.95. The second kappa shape index (κ2) is 7.45. The van der Waals surface area contributed by atoms with Gasteiger partial charge in [-0.05, 0) is 41.8 Å². The van der Waals surface area contributed by atoms with Crippen molar-refractivity contribution in [3.8, 4) is 5.75 Å². The van der Waals surface area contributed by atoms with Crippen LogP contribution in [0.2, 0.25) is 0 Å². The van der Waals surface area contributed by atoms with E-state index in [4.69, 9.17) is 9.47 Å². The molecular weight excluding hydrogens is 309 g/mol. The van der Waals surface area contributed by atoms with E-state index in [1.54, 1.807) is 19.2 Å². The zero-order chi connectivity index (χ0) is 16.9. The normalized spacial score (nSPS) is 18.2. The molecule has 0 radical (unpaired) electrons. The largest absolute Gasteiger partial charge is 0.497 e. The number of hydrogen-bond donors (Lipinski definition) is 1. The van der Waals surface area contributed by atoms with E-state index in [1.165, 1.54) is 12.1 Å². The molecule has 3 rings (SSSR count). The number of amides is 1. The van der Waals surface area contributed by atoms with Gasteiger partial charge in [-0.2, -0.15) is 0 Å². The molecule has 1 N–H and O–H groups in total. The predicted octanol–water partition coefficient (Wildman–Crippen LogP) is 3.08. The summed E-state index contributed by atoms with van der Waals surface area (Å²) in [5.74, 6) is 0.263. The van der Waals surface area contributed by atoms with E-state index in [9.17, 15) is 9.18 Å². The maximum atomic E-state index is 13.2. The Morgan fingerprint density at radius 1 is 1.17 bits per heavy atom. The molecular formula is C19H20FNO3. The first-order chi connectivity index (χ1) is 11.7. The summed E-state index contributed by atoms with van der Waals surface area (Å²) < 4.78 is 23.7. The molecule has 5 heteroatoms. The lowest BCUT2D eigenvalue weighted by Crippen LogP contribution is -2.34. The molecule has 0 aliphatic carbocycles. The molecule has 1 aliphatic rings. The van der Waals surface area contributed by atoms with Crippen LogP contribution in [0.15, 0.2) is 48.5 Å². The van der Waals surface area contributed by atoms with E-state index < -0.39 is 0 Å². The van der Waals surface area contributed by atoms with Crippen molar-refractivity contribution in [1.82, 2.24) is 5.32 Å². The molecule has 1 aliphatic heterocycles. The Morgan fingerprint density at radius 2 is 1.79 bits per heavy atom. The zero-order valence-electron chi connectivity index (χ0n) is 13.5. The Balaban J connectivity index is 1.87. The topological polar surface area (TPSA) is 47.6 Å². The van der Waals surface area contributed by atoms with Crippen LogP contribution in [0.5, 0.6) is 5.75 Å². The molecule has 1 fully saturated rings. The molecule has 126 valence electrons. The van der Waals surface area contributed by atoms with Gasteiger partial charge in [0, 0.05) is 6.61 Å². The lowest BCUT2D eigenvalue weighted by atomic mass is 9.97. The van der Waals surface area contributed by atoms with Crippen molar-refractivity contribution in [3.05, 3.63) is 65.5 Å². The average Bonchev–Trinajstić information content (AvgIpc) is 3.15. The second-order valence-electron chi connectivity index (χ2n) is 5.83. The van der Waals surface area contributed by atoms with Crippen molar-refractivity contribution >= 4 is 5.91 Å². The second-order valence-corrected chi connectivity index (χ2v) is 5.83. The van der Waals surface area contributed by atoms with Crippen LogP contribution in [-0.2, 0) is 9.53 Å². The summed E-state index contributed by atoms with van der Waals surface area (Å²) in [7, 11) is 1.61. The average molecular weight is 329 g/mol. The van der Waals surface area contributed by atoms with E-state index in [-0.39, 0.29) is 23.7 Å². The third-order valence-corrected chi connectivity index (χ3v) is 4.24. The molecule has 1 heterocycles. The number of carbonyl (C=O) groups is 1. The Morgan fingerprint density at radius 3 is 2.33 bits per heavy atom. The summed E-state index contributed by atoms with van der Waals surface area (Å²) >= 11 is 0. The van der Waals surface area contributed by atoms with Gasteiger partial charge in [0.25, 0.3) is 0 Å². The van der Waals surface area contributed by atoms with Gasteiger partial charge in [-0.3, -0.25) is 4.79 Å². The number of benzene rings is 2. The van der Waals surface area contributed by atoms with Gasteiger partial charge in [-0.25, -0.2) is 4.39 Å². The van der Waals surface area contributed by atoms with E-state index in [0.29, 0.717) is 13.2 Å². The smallest absolute Gasteiger partial charge is 0.226 e. The molecule has 0 unspecified atom stereocenters. The maximum Gasteiger partial charge on any atom is 0.226 e. The standard InChI is InChI=1S/C19H20FNO3/c1-23-17-8-4-14(5-9-17)18(13-2-6-16(20)7-3-13)21-19(22)15-10-11-24-12-15/h2-9,15,18H,10-12H2,1H3,(H,21,22)/t15-,18+/m0/s1. The summed E-state index contributed by atoms with van der Waals surface area (Å²) in [6, 6.07) is 13.3. The summed E-state index contributed by atoms with van der Waals surface area (Å²) in [4.78, 5) is 12.5. The van der Waals surface area contributed by atoms with Crippen LogP contribution in [0.3, 0.4) is 0 Å². The Labute approximate surface area is 140 Å². The fourth-order valence-electron chi connectivity index (χ4n) is 2.81. The highest BCUT2D eigenvalue weighted by molar-refractivity contribution is 5.80. The first kappa shape index (κ1) is 16.5.